The Morgan fingerprint density at radius 2 is 1.97 bits per heavy atom. The van der Waals surface area contributed by atoms with Crippen molar-refractivity contribution in [3.8, 4) is 5.75 Å². The highest BCUT2D eigenvalue weighted by atomic mass is 32.2. The van der Waals surface area contributed by atoms with Crippen LogP contribution in [0.2, 0.25) is 0 Å². The fourth-order valence-corrected chi connectivity index (χ4v) is 5.68. The maximum Gasteiger partial charge on any atom is 0.264 e. The number of hydrogen-bond acceptors (Lipinski definition) is 5. The maximum atomic E-state index is 13.3. The minimum Gasteiger partial charge on any atom is -0.493 e. The van der Waals surface area contributed by atoms with Gasteiger partial charge in [-0.15, -0.1) is 0 Å². The van der Waals surface area contributed by atoms with E-state index >= 15 is 0 Å². The normalized spacial score (nSPS) is 17.2. The van der Waals surface area contributed by atoms with Crippen molar-refractivity contribution >= 4 is 15.7 Å². The summed E-state index contributed by atoms with van der Waals surface area (Å²) in [5.74, 6) is 0.958. The van der Waals surface area contributed by atoms with E-state index in [0.29, 0.717) is 36.8 Å². The number of nitrogens with zero attached hydrogens (tertiary/aromatic N) is 1. The highest BCUT2D eigenvalue weighted by Crippen LogP contribution is 2.35. The molecular weight excluding hydrogens is 402 g/mol. The molecule has 1 N–H and O–H groups in total. The van der Waals surface area contributed by atoms with Gasteiger partial charge in [0.1, 0.15) is 5.75 Å². The molecule has 1 saturated heterocycles. The molecule has 4 rings (SSSR count). The zero-order valence-electron chi connectivity index (χ0n) is 17.3. The zero-order chi connectivity index (χ0) is 21.1. The van der Waals surface area contributed by atoms with Crippen molar-refractivity contribution in [2.75, 3.05) is 30.7 Å². The minimum atomic E-state index is -3.71. The van der Waals surface area contributed by atoms with Crippen LogP contribution in [0.25, 0.3) is 0 Å². The van der Waals surface area contributed by atoms with Crippen LogP contribution in [0.3, 0.4) is 0 Å². The van der Waals surface area contributed by atoms with E-state index in [-0.39, 0.29) is 11.5 Å². The Morgan fingerprint density at radius 1 is 1.17 bits per heavy atom. The lowest BCUT2D eigenvalue weighted by atomic mass is 10.0. The van der Waals surface area contributed by atoms with Crippen molar-refractivity contribution in [1.29, 1.82) is 0 Å². The van der Waals surface area contributed by atoms with E-state index in [4.69, 9.17) is 9.47 Å². The summed E-state index contributed by atoms with van der Waals surface area (Å²) in [4.78, 5) is 0.178. The number of aliphatic hydroxyl groups excluding tert-OH is 1. The largest absolute Gasteiger partial charge is 0.493 e. The molecule has 0 radical (unpaired) electrons. The monoisotopic (exact) mass is 431 g/mol. The predicted octanol–water partition coefficient (Wildman–Crippen LogP) is 3.30. The highest BCUT2D eigenvalue weighted by Gasteiger charge is 2.31. The Morgan fingerprint density at radius 3 is 2.70 bits per heavy atom. The lowest BCUT2D eigenvalue weighted by Gasteiger charge is -2.23. The smallest absolute Gasteiger partial charge is 0.264 e. The van der Waals surface area contributed by atoms with Gasteiger partial charge in [0.25, 0.3) is 10.0 Å². The first-order valence-corrected chi connectivity index (χ1v) is 12.1. The number of benzene rings is 2. The standard InChI is InChI=1S/C23H29NO5S/c1-2-17-3-5-22-19(13-17)7-10-24(22)30(26,27)21-4-6-23(20(14-21)15-25)29-16-18-8-11-28-12-9-18/h3-6,13-14,18,25H,2,7-12,15-16H2,1H3. The van der Waals surface area contributed by atoms with E-state index in [1.807, 2.05) is 12.1 Å². The van der Waals surface area contributed by atoms with E-state index in [1.165, 1.54) is 15.9 Å². The molecule has 6 nitrogen and oxygen atoms in total. The predicted molar refractivity (Wildman–Crippen MR) is 115 cm³/mol. The third-order valence-electron chi connectivity index (χ3n) is 6.01. The number of fused-ring (bicyclic) bond motifs is 1. The molecule has 0 aromatic heterocycles. The van der Waals surface area contributed by atoms with Crippen molar-refractivity contribution in [2.45, 2.75) is 44.1 Å². The zero-order valence-corrected chi connectivity index (χ0v) is 18.2. The van der Waals surface area contributed by atoms with Crippen LogP contribution in [0.5, 0.6) is 5.75 Å². The van der Waals surface area contributed by atoms with Crippen LogP contribution >= 0.6 is 0 Å². The van der Waals surface area contributed by atoms with Crippen molar-refractivity contribution < 1.29 is 23.0 Å². The van der Waals surface area contributed by atoms with Crippen LogP contribution in [-0.2, 0) is 34.2 Å². The second-order valence-corrected chi connectivity index (χ2v) is 9.80. The van der Waals surface area contributed by atoms with Gasteiger partial charge in [-0.05, 0) is 67.0 Å². The van der Waals surface area contributed by atoms with Gasteiger partial charge in [0.2, 0.25) is 0 Å². The van der Waals surface area contributed by atoms with Gasteiger partial charge in [0, 0.05) is 25.3 Å². The molecular formula is C23H29NO5S. The number of rotatable bonds is 7. The Hall–Kier alpha value is -2.09. The average molecular weight is 432 g/mol. The molecule has 2 aliphatic rings. The Balaban J connectivity index is 1.55. The number of aryl methyl sites for hydroxylation is 1. The third kappa shape index (κ3) is 4.19. The molecule has 0 bridgehead atoms. The Bertz CT molecular complexity index is 999. The number of sulfonamides is 1. The van der Waals surface area contributed by atoms with Crippen molar-refractivity contribution in [1.82, 2.24) is 0 Å². The van der Waals surface area contributed by atoms with Crippen LogP contribution in [0.15, 0.2) is 41.3 Å². The van der Waals surface area contributed by atoms with Crippen LogP contribution in [0.1, 0.15) is 36.5 Å². The SMILES string of the molecule is CCc1ccc2c(c1)CCN2S(=O)(=O)c1ccc(OCC2CCOCC2)c(CO)c1. The van der Waals surface area contributed by atoms with Gasteiger partial charge < -0.3 is 14.6 Å². The molecule has 0 amide bonds. The van der Waals surface area contributed by atoms with E-state index < -0.39 is 10.0 Å². The van der Waals surface area contributed by atoms with Gasteiger partial charge in [-0.25, -0.2) is 8.42 Å². The van der Waals surface area contributed by atoms with Crippen molar-refractivity contribution in [3.05, 3.63) is 53.1 Å². The molecule has 2 aromatic carbocycles. The van der Waals surface area contributed by atoms with E-state index in [1.54, 1.807) is 12.1 Å². The van der Waals surface area contributed by atoms with Gasteiger partial charge >= 0.3 is 0 Å². The summed E-state index contributed by atoms with van der Waals surface area (Å²) in [5, 5.41) is 9.82. The summed E-state index contributed by atoms with van der Waals surface area (Å²) in [6.07, 6.45) is 3.54. The first-order valence-electron chi connectivity index (χ1n) is 10.6. The summed E-state index contributed by atoms with van der Waals surface area (Å²) in [6.45, 7) is 4.28. The second kappa shape index (κ2) is 8.96. The quantitative estimate of drug-likeness (QED) is 0.728. The number of anilines is 1. The summed E-state index contributed by atoms with van der Waals surface area (Å²) in [7, 11) is -3.71. The summed E-state index contributed by atoms with van der Waals surface area (Å²) >= 11 is 0. The molecule has 0 saturated carbocycles. The first kappa shape index (κ1) is 21.2. The van der Waals surface area contributed by atoms with Gasteiger partial charge in [-0.1, -0.05) is 19.1 Å². The topological polar surface area (TPSA) is 76.1 Å². The molecule has 0 aliphatic carbocycles. The molecule has 30 heavy (non-hydrogen) atoms. The first-order chi connectivity index (χ1) is 14.5. The highest BCUT2D eigenvalue weighted by molar-refractivity contribution is 7.92. The van der Waals surface area contributed by atoms with Gasteiger partial charge in [-0.2, -0.15) is 0 Å². The lowest BCUT2D eigenvalue weighted by molar-refractivity contribution is 0.0494. The molecule has 2 aromatic rings. The maximum absolute atomic E-state index is 13.3. The fraction of sp³-hybridized carbons (Fsp3) is 0.478. The van der Waals surface area contributed by atoms with Crippen LogP contribution < -0.4 is 9.04 Å². The summed E-state index contributed by atoms with van der Waals surface area (Å²) < 4.78 is 39.4. The fourth-order valence-electron chi connectivity index (χ4n) is 4.12. The number of aliphatic hydroxyl groups is 1. The van der Waals surface area contributed by atoms with Gasteiger partial charge in [-0.3, -0.25) is 4.31 Å². The van der Waals surface area contributed by atoms with Gasteiger partial charge in [0.15, 0.2) is 0 Å². The summed E-state index contributed by atoms with van der Waals surface area (Å²) in [6, 6.07) is 10.8. The van der Waals surface area contributed by atoms with Crippen molar-refractivity contribution in [2.24, 2.45) is 5.92 Å². The van der Waals surface area contributed by atoms with Gasteiger partial charge in [0.05, 0.1) is 23.8 Å². The minimum absolute atomic E-state index is 0.178. The third-order valence-corrected chi connectivity index (χ3v) is 7.82. The molecule has 162 valence electrons. The lowest BCUT2D eigenvalue weighted by Crippen LogP contribution is -2.29. The number of hydrogen-bond donors (Lipinski definition) is 1. The molecule has 1 fully saturated rings. The van der Waals surface area contributed by atoms with Crippen molar-refractivity contribution in [3.63, 3.8) is 0 Å². The van der Waals surface area contributed by atoms with Crippen LogP contribution in [-0.4, -0.2) is 39.9 Å². The second-order valence-electron chi connectivity index (χ2n) is 7.94. The molecule has 2 heterocycles. The van der Waals surface area contributed by atoms with E-state index in [2.05, 4.69) is 13.0 Å². The number of ether oxygens (including phenoxy) is 2. The van der Waals surface area contributed by atoms with Crippen LogP contribution in [0.4, 0.5) is 5.69 Å². The molecule has 0 atom stereocenters. The van der Waals surface area contributed by atoms with E-state index in [0.717, 1.165) is 43.7 Å². The molecule has 7 heteroatoms. The Labute approximate surface area is 178 Å². The average Bonchev–Trinajstić information content (AvgIpc) is 3.22. The molecule has 0 unspecified atom stereocenters. The molecule has 0 spiro atoms. The van der Waals surface area contributed by atoms with Crippen LogP contribution in [0, 0.1) is 5.92 Å². The Kier molecular flexibility index (Phi) is 6.32. The van der Waals surface area contributed by atoms with E-state index in [9.17, 15) is 13.5 Å². The summed E-state index contributed by atoms with van der Waals surface area (Å²) in [5.41, 5.74) is 3.51. The molecule has 2 aliphatic heterocycles.